The lowest BCUT2D eigenvalue weighted by molar-refractivity contribution is 0.414. The molecule has 2 nitrogen and oxygen atoms in total. The summed E-state index contributed by atoms with van der Waals surface area (Å²) in [5.41, 5.74) is 3.51. The average molecular weight is 282 g/mol. The predicted molar refractivity (Wildman–Crippen MR) is 84.8 cm³/mol. The molecule has 0 aromatic heterocycles. The normalized spacial score (nSPS) is 16.0. The lowest BCUT2D eigenvalue weighted by atomic mass is 9.83. The first-order valence-electron chi connectivity index (χ1n) is 7.82. The molecule has 0 aliphatic heterocycles. The standard InChI is InChI=1S/C19H22O2/c20-17-9-6-14(7-10-17)12-15-8-11-19(21)18(13-15)16-4-2-1-3-5-16/h6-11,13,16,20-21H,1-5,12H2. The van der Waals surface area contributed by atoms with Crippen molar-refractivity contribution in [1.29, 1.82) is 0 Å². The number of phenols is 2. The zero-order valence-corrected chi connectivity index (χ0v) is 12.3. The van der Waals surface area contributed by atoms with E-state index in [2.05, 4.69) is 6.07 Å². The van der Waals surface area contributed by atoms with Crippen LogP contribution in [0.25, 0.3) is 0 Å². The highest BCUT2D eigenvalue weighted by Gasteiger charge is 2.18. The fourth-order valence-electron chi connectivity index (χ4n) is 3.30. The molecule has 1 aliphatic rings. The molecule has 0 heterocycles. The Bertz CT molecular complexity index is 595. The van der Waals surface area contributed by atoms with E-state index in [-0.39, 0.29) is 0 Å². The van der Waals surface area contributed by atoms with Crippen molar-refractivity contribution in [3.05, 3.63) is 59.2 Å². The van der Waals surface area contributed by atoms with E-state index in [4.69, 9.17) is 0 Å². The van der Waals surface area contributed by atoms with Gasteiger partial charge in [0.25, 0.3) is 0 Å². The smallest absolute Gasteiger partial charge is 0.119 e. The first-order valence-corrected chi connectivity index (χ1v) is 7.82. The van der Waals surface area contributed by atoms with Crippen molar-refractivity contribution < 1.29 is 10.2 Å². The zero-order chi connectivity index (χ0) is 14.7. The Morgan fingerprint density at radius 1 is 0.810 bits per heavy atom. The Morgan fingerprint density at radius 3 is 2.19 bits per heavy atom. The van der Waals surface area contributed by atoms with E-state index >= 15 is 0 Å². The van der Waals surface area contributed by atoms with Gasteiger partial charge < -0.3 is 10.2 Å². The number of rotatable bonds is 3. The van der Waals surface area contributed by atoms with Crippen LogP contribution in [0, 0.1) is 0 Å². The molecule has 3 rings (SSSR count). The number of hydrogen-bond donors (Lipinski definition) is 2. The van der Waals surface area contributed by atoms with Crippen LogP contribution in [-0.2, 0) is 6.42 Å². The summed E-state index contributed by atoms with van der Waals surface area (Å²) in [6, 6.07) is 13.3. The minimum Gasteiger partial charge on any atom is -0.508 e. The molecular weight excluding hydrogens is 260 g/mol. The Balaban J connectivity index is 1.81. The highest BCUT2D eigenvalue weighted by molar-refractivity contribution is 5.41. The lowest BCUT2D eigenvalue weighted by Crippen LogP contribution is -2.05. The van der Waals surface area contributed by atoms with Gasteiger partial charge in [0, 0.05) is 0 Å². The van der Waals surface area contributed by atoms with Crippen molar-refractivity contribution in [1.82, 2.24) is 0 Å². The lowest BCUT2D eigenvalue weighted by Gasteiger charge is -2.23. The molecule has 1 fully saturated rings. The topological polar surface area (TPSA) is 40.5 Å². The van der Waals surface area contributed by atoms with Crippen LogP contribution in [-0.4, -0.2) is 10.2 Å². The van der Waals surface area contributed by atoms with Crippen LogP contribution in [0.2, 0.25) is 0 Å². The molecule has 110 valence electrons. The second-order valence-corrected chi connectivity index (χ2v) is 6.07. The average Bonchev–Trinajstić information content (AvgIpc) is 2.52. The molecule has 0 amide bonds. The van der Waals surface area contributed by atoms with E-state index in [1.54, 1.807) is 12.1 Å². The Hall–Kier alpha value is -1.96. The van der Waals surface area contributed by atoms with Crippen LogP contribution in [0.4, 0.5) is 0 Å². The SMILES string of the molecule is Oc1ccc(Cc2ccc(O)c(C3CCCCC3)c2)cc1. The van der Waals surface area contributed by atoms with Gasteiger partial charge in [-0.25, -0.2) is 0 Å². The minimum absolute atomic E-state index is 0.298. The fourth-order valence-corrected chi connectivity index (χ4v) is 3.30. The Kier molecular flexibility index (Phi) is 4.14. The molecule has 0 spiro atoms. The summed E-state index contributed by atoms with van der Waals surface area (Å²) in [6.07, 6.45) is 7.08. The van der Waals surface area contributed by atoms with E-state index in [0.29, 0.717) is 17.4 Å². The number of aromatic hydroxyl groups is 2. The van der Waals surface area contributed by atoms with Gasteiger partial charge in [0.15, 0.2) is 0 Å². The van der Waals surface area contributed by atoms with Crippen molar-refractivity contribution >= 4 is 0 Å². The van der Waals surface area contributed by atoms with Gasteiger partial charge in [-0.2, -0.15) is 0 Å². The van der Waals surface area contributed by atoms with Gasteiger partial charge in [0.2, 0.25) is 0 Å². The van der Waals surface area contributed by atoms with E-state index in [9.17, 15) is 10.2 Å². The molecular formula is C19H22O2. The fraction of sp³-hybridized carbons (Fsp3) is 0.368. The molecule has 0 saturated heterocycles. The van der Waals surface area contributed by atoms with Gasteiger partial charge in [-0.15, -0.1) is 0 Å². The minimum atomic E-state index is 0.298. The molecule has 0 atom stereocenters. The third-order valence-corrected chi connectivity index (χ3v) is 4.48. The largest absolute Gasteiger partial charge is 0.508 e. The first-order chi connectivity index (χ1) is 10.2. The van der Waals surface area contributed by atoms with Gasteiger partial charge >= 0.3 is 0 Å². The zero-order valence-electron chi connectivity index (χ0n) is 12.3. The Morgan fingerprint density at radius 2 is 1.48 bits per heavy atom. The summed E-state index contributed by atoms with van der Waals surface area (Å²) in [5.74, 6) is 1.25. The number of phenolic OH excluding ortho intramolecular Hbond substituents is 2. The maximum Gasteiger partial charge on any atom is 0.119 e. The summed E-state index contributed by atoms with van der Waals surface area (Å²) < 4.78 is 0. The highest BCUT2D eigenvalue weighted by atomic mass is 16.3. The van der Waals surface area contributed by atoms with Gasteiger partial charge in [-0.1, -0.05) is 43.5 Å². The summed E-state index contributed by atoms with van der Waals surface area (Å²) >= 11 is 0. The third-order valence-electron chi connectivity index (χ3n) is 4.48. The molecule has 1 aliphatic carbocycles. The van der Waals surface area contributed by atoms with E-state index in [1.807, 2.05) is 24.3 Å². The van der Waals surface area contributed by atoms with Crippen LogP contribution < -0.4 is 0 Å². The number of benzene rings is 2. The van der Waals surface area contributed by atoms with Crippen LogP contribution >= 0.6 is 0 Å². The summed E-state index contributed by atoms with van der Waals surface area (Å²) in [4.78, 5) is 0. The van der Waals surface area contributed by atoms with E-state index in [0.717, 1.165) is 12.0 Å². The van der Waals surface area contributed by atoms with Crippen LogP contribution in [0.15, 0.2) is 42.5 Å². The molecule has 0 radical (unpaired) electrons. The second-order valence-electron chi connectivity index (χ2n) is 6.07. The highest BCUT2D eigenvalue weighted by Crippen LogP contribution is 2.37. The predicted octanol–water partition coefficient (Wildman–Crippen LogP) is 4.74. The summed E-state index contributed by atoms with van der Waals surface area (Å²) in [5, 5.41) is 19.5. The van der Waals surface area contributed by atoms with Crippen LogP contribution in [0.3, 0.4) is 0 Å². The molecule has 2 aromatic carbocycles. The first kappa shape index (κ1) is 14.0. The Labute approximate surface area is 126 Å². The molecule has 2 heteroatoms. The monoisotopic (exact) mass is 282 g/mol. The maximum absolute atomic E-state index is 10.2. The molecule has 0 unspecified atom stereocenters. The summed E-state index contributed by atoms with van der Waals surface area (Å²) in [6.45, 7) is 0. The van der Waals surface area contributed by atoms with Gasteiger partial charge in [-0.3, -0.25) is 0 Å². The number of hydrogen-bond acceptors (Lipinski definition) is 2. The maximum atomic E-state index is 10.2. The second kappa shape index (κ2) is 6.21. The van der Waals surface area contributed by atoms with Crippen molar-refractivity contribution in [2.24, 2.45) is 0 Å². The van der Waals surface area contributed by atoms with E-state index in [1.165, 1.54) is 43.2 Å². The molecule has 0 bridgehead atoms. The van der Waals surface area contributed by atoms with Crippen LogP contribution in [0.5, 0.6) is 11.5 Å². The van der Waals surface area contributed by atoms with Crippen molar-refractivity contribution in [3.8, 4) is 11.5 Å². The van der Waals surface area contributed by atoms with E-state index < -0.39 is 0 Å². The molecule has 21 heavy (non-hydrogen) atoms. The van der Waals surface area contributed by atoms with Crippen molar-refractivity contribution in [2.45, 2.75) is 44.4 Å². The van der Waals surface area contributed by atoms with Crippen molar-refractivity contribution in [2.75, 3.05) is 0 Å². The van der Waals surface area contributed by atoms with Crippen molar-refractivity contribution in [3.63, 3.8) is 0 Å². The van der Waals surface area contributed by atoms with Crippen LogP contribution in [0.1, 0.15) is 54.7 Å². The van der Waals surface area contributed by atoms with Gasteiger partial charge in [0.1, 0.15) is 11.5 Å². The summed E-state index contributed by atoms with van der Waals surface area (Å²) in [7, 11) is 0. The quantitative estimate of drug-likeness (QED) is 0.854. The molecule has 2 aromatic rings. The third kappa shape index (κ3) is 3.38. The molecule has 2 N–H and O–H groups in total. The van der Waals surface area contributed by atoms with Gasteiger partial charge in [0.05, 0.1) is 0 Å². The van der Waals surface area contributed by atoms with Gasteiger partial charge in [-0.05, 0) is 60.1 Å². The molecule has 1 saturated carbocycles.